The number of carbonyl (C=O) groups is 1. The highest BCUT2D eigenvalue weighted by molar-refractivity contribution is 5.83. The van der Waals surface area contributed by atoms with Gasteiger partial charge in [-0.15, -0.1) is 0 Å². The Morgan fingerprint density at radius 3 is 2.55 bits per heavy atom. The van der Waals surface area contributed by atoms with Crippen molar-refractivity contribution < 1.29 is 18.0 Å². The summed E-state index contributed by atoms with van der Waals surface area (Å²) in [6.45, 7) is 3.16. The molecule has 1 heterocycles. The summed E-state index contributed by atoms with van der Waals surface area (Å²) >= 11 is 0. The van der Waals surface area contributed by atoms with Gasteiger partial charge in [0.1, 0.15) is 6.04 Å². The van der Waals surface area contributed by atoms with Crippen molar-refractivity contribution in [2.24, 2.45) is 5.41 Å². The van der Waals surface area contributed by atoms with Crippen LogP contribution in [0.2, 0.25) is 0 Å². The Bertz CT molecular complexity index is 619. The van der Waals surface area contributed by atoms with Gasteiger partial charge < -0.3 is 0 Å². The van der Waals surface area contributed by atoms with Crippen LogP contribution in [-0.4, -0.2) is 29.7 Å². The van der Waals surface area contributed by atoms with E-state index in [9.17, 15) is 18.0 Å². The average molecular weight is 311 g/mol. The highest BCUT2D eigenvalue weighted by Gasteiger charge is 2.50. The van der Waals surface area contributed by atoms with Crippen molar-refractivity contribution in [1.29, 1.82) is 5.26 Å². The number of nitrogens with zero attached hydrogens (tertiary/aromatic N) is 2. The highest BCUT2D eigenvalue weighted by Crippen LogP contribution is 2.33. The van der Waals surface area contributed by atoms with Crippen LogP contribution < -0.4 is 5.43 Å². The minimum atomic E-state index is -4.52. The Labute approximate surface area is 126 Å². The van der Waals surface area contributed by atoms with E-state index >= 15 is 0 Å². The molecule has 1 aromatic carbocycles. The summed E-state index contributed by atoms with van der Waals surface area (Å²) in [6, 6.07) is 6.20. The van der Waals surface area contributed by atoms with Gasteiger partial charge in [-0.1, -0.05) is 18.2 Å². The lowest BCUT2D eigenvalue weighted by molar-refractivity contribution is -0.188. The van der Waals surface area contributed by atoms with E-state index in [0.717, 1.165) is 5.01 Å². The molecule has 4 nitrogen and oxygen atoms in total. The van der Waals surface area contributed by atoms with E-state index in [0.29, 0.717) is 5.56 Å². The Morgan fingerprint density at radius 2 is 2.05 bits per heavy atom. The summed E-state index contributed by atoms with van der Waals surface area (Å²) in [5.41, 5.74) is 1.94. The largest absolute Gasteiger partial charge is 0.406 e. The summed E-state index contributed by atoms with van der Waals surface area (Å²) in [5.74, 6) is -0.435. The quantitative estimate of drug-likeness (QED) is 0.932. The molecule has 1 saturated heterocycles. The summed E-state index contributed by atoms with van der Waals surface area (Å²) in [6.07, 6.45) is -4.90. The first-order valence-electron chi connectivity index (χ1n) is 6.77. The van der Waals surface area contributed by atoms with Crippen molar-refractivity contribution in [1.82, 2.24) is 10.4 Å². The van der Waals surface area contributed by atoms with Gasteiger partial charge in [0.25, 0.3) is 0 Å². The first kappa shape index (κ1) is 16.3. The topological polar surface area (TPSA) is 56.1 Å². The van der Waals surface area contributed by atoms with E-state index in [-0.39, 0.29) is 18.5 Å². The fraction of sp³-hybridized carbons (Fsp3) is 0.467. The number of hydrazine groups is 1. The van der Waals surface area contributed by atoms with Gasteiger partial charge in [0.05, 0.1) is 17.0 Å². The van der Waals surface area contributed by atoms with Crippen LogP contribution in [0.3, 0.4) is 0 Å². The molecule has 0 aromatic heterocycles. The van der Waals surface area contributed by atoms with Gasteiger partial charge in [-0.25, -0.2) is 5.01 Å². The Kier molecular flexibility index (Phi) is 4.16. The van der Waals surface area contributed by atoms with Crippen LogP contribution in [0.4, 0.5) is 13.2 Å². The van der Waals surface area contributed by atoms with Gasteiger partial charge in [-0.05, 0) is 31.9 Å². The molecule has 1 amide bonds. The Balaban J connectivity index is 2.30. The zero-order valence-corrected chi connectivity index (χ0v) is 12.2. The molecule has 1 aromatic rings. The number of carbonyl (C=O) groups excluding carboxylic acids is 1. The van der Waals surface area contributed by atoms with Crippen LogP contribution in [0.5, 0.6) is 0 Å². The van der Waals surface area contributed by atoms with Crippen LogP contribution in [0, 0.1) is 16.7 Å². The third-order valence-electron chi connectivity index (χ3n) is 3.73. The Hall–Kier alpha value is -2.07. The summed E-state index contributed by atoms with van der Waals surface area (Å²) in [5, 5.41) is 9.94. The fourth-order valence-corrected chi connectivity index (χ4v) is 2.43. The molecule has 118 valence electrons. The van der Waals surface area contributed by atoms with E-state index in [1.807, 2.05) is 6.07 Å². The number of rotatable bonds is 3. The number of halogens is 3. The van der Waals surface area contributed by atoms with Crippen LogP contribution in [0.1, 0.15) is 25.0 Å². The maximum atomic E-state index is 13.4. The summed E-state index contributed by atoms with van der Waals surface area (Å²) < 4.78 is 40.2. The van der Waals surface area contributed by atoms with Crippen molar-refractivity contribution in [2.75, 3.05) is 6.54 Å². The molecule has 0 bridgehead atoms. The van der Waals surface area contributed by atoms with E-state index in [2.05, 4.69) is 5.43 Å². The standard InChI is InChI=1S/C15H16F3N3O/c1-14(2)9-21(20-13(14)22)12(15(16,17)18)7-10-5-3-4-6-11(10)8-19/h3-6,12H,7,9H2,1-2H3,(H,20,22). The summed E-state index contributed by atoms with van der Waals surface area (Å²) in [4.78, 5) is 11.7. The van der Waals surface area contributed by atoms with Crippen molar-refractivity contribution in [3.05, 3.63) is 35.4 Å². The van der Waals surface area contributed by atoms with Gasteiger partial charge in [0.15, 0.2) is 0 Å². The van der Waals surface area contributed by atoms with E-state index in [1.165, 1.54) is 12.1 Å². The SMILES string of the molecule is CC1(C)CN(C(Cc2ccccc2C#N)C(F)(F)F)NC1=O. The van der Waals surface area contributed by atoms with Crippen LogP contribution in [0.25, 0.3) is 0 Å². The fourth-order valence-electron chi connectivity index (χ4n) is 2.43. The predicted molar refractivity (Wildman–Crippen MR) is 73.3 cm³/mol. The van der Waals surface area contributed by atoms with Crippen molar-refractivity contribution in [3.8, 4) is 6.07 Å². The van der Waals surface area contributed by atoms with Crippen molar-refractivity contribution >= 4 is 5.91 Å². The number of benzene rings is 1. The molecule has 1 aliphatic rings. The molecule has 2 rings (SSSR count). The zero-order valence-electron chi connectivity index (χ0n) is 12.2. The third-order valence-corrected chi connectivity index (χ3v) is 3.73. The van der Waals surface area contributed by atoms with Gasteiger partial charge >= 0.3 is 6.18 Å². The number of nitriles is 1. The lowest BCUT2D eigenvalue weighted by Gasteiger charge is -2.29. The normalized spacial score (nSPS) is 19.5. The monoisotopic (exact) mass is 311 g/mol. The zero-order chi connectivity index (χ0) is 16.5. The van der Waals surface area contributed by atoms with E-state index < -0.39 is 23.5 Å². The molecule has 0 radical (unpaired) electrons. The first-order chi connectivity index (χ1) is 10.1. The lowest BCUT2D eigenvalue weighted by atomic mass is 9.93. The average Bonchev–Trinajstić information content (AvgIpc) is 2.68. The minimum Gasteiger partial charge on any atom is -0.288 e. The molecule has 1 fully saturated rings. The number of hydrogen-bond donors (Lipinski definition) is 1. The minimum absolute atomic E-state index is 0.0370. The van der Waals surface area contributed by atoms with Gasteiger partial charge in [0.2, 0.25) is 5.91 Å². The summed E-state index contributed by atoms with van der Waals surface area (Å²) in [7, 11) is 0. The second-order valence-electron chi connectivity index (χ2n) is 5.98. The van der Waals surface area contributed by atoms with Crippen LogP contribution >= 0.6 is 0 Å². The van der Waals surface area contributed by atoms with E-state index in [1.54, 1.807) is 26.0 Å². The van der Waals surface area contributed by atoms with Gasteiger partial charge in [-0.2, -0.15) is 18.4 Å². The molecule has 0 aliphatic carbocycles. The number of amides is 1. The van der Waals surface area contributed by atoms with Crippen LogP contribution in [-0.2, 0) is 11.2 Å². The molecule has 1 unspecified atom stereocenters. The lowest BCUT2D eigenvalue weighted by Crippen LogP contribution is -2.51. The molecule has 22 heavy (non-hydrogen) atoms. The molecule has 0 spiro atoms. The number of nitrogens with one attached hydrogen (secondary N) is 1. The Morgan fingerprint density at radius 1 is 1.41 bits per heavy atom. The van der Waals surface area contributed by atoms with Gasteiger partial charge in [-0.3, -0.25) is 10.2 Å². The van der Waals surface area contributed by atoms with Crippen LogP contribution in [0.15, 0.2) is 24.3 Å². The highest BCUT2D eigenvalue weighted by atomic mass is 19.4. The third kappa shape index (κ3) is 3.22. The van der Waals surface area contributed by atoms with Crippen molar-refractivity contribution in [2.45, 2.75) is 32.5 Å². The molecule has 1 N–H and O–H groups in total. The second kappa shape index (κ2) is 5.61. The van der Waals surface area contributed by atoms with Crippen molar-refractivity contribution in [3.63, 3.8) is 0 Å². The number of hydrogen-bond acceptors (Lipinski definition) is 3. The molecule has 0 saturated carbocycles. The number of alkyl halides is 3. The molecule has 1 atom stereocenters. The molecule has 1 aliphatic heterocycles. The molecular formula is C15H16F3N3O. The predicted octanol–water partition coefficient (Wildman–Crippen LogP) is 2.40. The first-order valence-corrected chi connectivity index (χ1v) is 6.77. The second-order valence-corrected chi connectivity index (χ2v) is 5.98. The van der Waals surface area contributed by atoms with Gasteiger partial charge in [0, 0.05) is 6.54 Å². The molecular weight excluding hydrogens is 295 g/mol. The smallest absolute Gasteiger partial charge is 0.288 e. The maximum absolute atomic E-state index is 13.4. The molecule has 7 heteroatoms. The maximum Gasteiger partial charge on any atom is 0.406 e. The van der Waals surface area contributed by atoms with E-state index in [4.69, 9.17) is 5.26 Å².